The normalized spacial score (nSPS) is 10.1. The smallest absolute Gasteiger partial charge is 0.408 e. The van der Waals surface area contributed by atoms with Gasteiger partial charge in [-0.2, -0.15) is 0 Å². The molecule has 1 N–H and O–H groups in total. The van der Waals surface area contributed by atoms with Crippen molar-refractivity contribution in [2.24, 2.45) is 0 Å². The van der Waals surface area contributed by atoms with Crippen LogP contribution in [0, 0.1) is 11.8 Å². The molecule has 1 aromatic carbocycles. The zero-order valence-corrected chi connectivity index (χ0v) is 12.6. The minimum Gasteiger partial charge on any atom is -0.465 e. The van der Waals surface area contributed by atoms with Gasteiger partial charge in [-0.1, -0.05) is 17.9 Å². The SMILES string of the molecule is COC(=O)c1cccc(C#CCNC(=O)OC(C)(C)C)c1. The average Bonchev–Trinajstić information content (AvgIpc) is 2.41. The number of carbonyl (C=O) groups is 2. The highest BCUT2D eigenvalue weighted by molar-refractivity contribution is 5.89. The van der Waals surface area contributed by atoms with E-state index in [1.807, 2.05) is 0 Å². The monoisotopic (exact) mass is 289 g/mol. The highest BCUT2D eigenvalue weighted by Gasteiger charge is 2.14. The van der Waals surface area contributed by atoms with E-state index >= 15 is 0 Å². The minimum atomic E-state index is -0.535. The summed E-state index contributed by atoms with van der Waals surface area (Å²) in [6, 6.07) is 6.77. The van der Waals surface area contributed by atoms with Crippen LogP contribution in [0.3, 0.4) is 0 Å². The number of amides is 1. The van der Waals surface area contributed by atoms with Crippen LogP contribution in [-0.2, 0) is 9.47 Å². The van der Waals surface area contributed by atoms with E-state index in [0.717, 1.165) is 0 Å². The molecule has 5 nitrogen and oxygen atoms in total. The fraction of sp³-hybridized carbons (Fsp3) is 0.375. The summed E-state index contributed by atoms with van der Waals surface area (Å²) in [6.45, 7) is 5.53. The first-order valence-corrected chi connectivity index (χ1v) is 6.46. The molecule has 0 bridgehead atoms. The second-order valence-electron chi connectivity index (χ2n) is 5.23. The van der Waals surface area contributed by atoms with Crippen LogP contribution in [-0.4, -0.2) is 31.3 Å². The Morgan fingerprint density at radius 1 is 1.29 bits per heavy atom. The number of methoxy groups -OCH3 is 1. The van der Waals surface area contributed by atoms with Gasteiger partial charge in [0.2, 0.25) is 0 Å². The maximum absolute atomic E-state index is 11.4. The third-order valence-electron chi connectivity index (χ3n) is 2.24. The Morgan fingerprint density at radius 3 is 2.62 bits per heavy atom. The lowest BCUT2D eigenvalue weighted by atomic mass is 10.1. The van der Waals surface area contributed by atoms with Gasteiger partial charge in [0, 0.05) is 5.56 Å². The molecule has 0 heterocycles. The highest BCUT2D eigenvalue weighted by Crippen LogP contribution is 2.06. The molecule has 0 radical (unpaired) electrons. The van der Waals surface area contributed by atoms with Crippen molar-refractivity contribution < 1.29 is 19.1 Å². The van der Waals surface area contributed by atoms with Gasteiger partial charge in [-0.3, -0.25) is 0 Å². The first-order valence-electron chi connectivity index (χ1n) is 6.46. The fourth-order valence-corrected chi connectivity index (χ4v) is 1.42. The van der Waals surface area contributed by atoms with Crippen molar-refractivity contribution in [3.05, 3.63) is 35.4 Å². The summed E-state index contributed by atoms with van der Waals surface area (Å²) in [5.41, 5.74) is 0.570. The van der Waals surface area contributed by atoms with Gasteiger partial charge in [-0.15, -0.1) is 0 Å². The maximum Gasteiger partial charge on any atom is 0.408 e. The van der Waals surface area contributed by atoms with Gasteiger partial charge in [-0.25, -0.2) is 9.59 Å². The molecule has 0 aliphatic rings. The van der Waals surface area contributed by atoms with E-state index in [0.29, 0.717) is 11.1 Å². The Kier molecular flexibility index (Phi) is 5.79. The number of benzene rings is 1. The molecule has 0 aliphatic heterocycles. The minimum absolute atomic E-state index is 0.164. The lowest BCUT2D eigenvalue weighted by molar-refractivity contribution is 0.0533. The highest BCUT2D eigenvalue weighted by atomic mass is 16.6. The summed E-state index contributed by atoms with van der Waals surface area (Å²) in [6.07, 6.45) is -0.514. The summed E-state index contributed by atoms with van der Waals surface area (Å²) in [5, 5.41) is 2.53. The standard InChI is InChI=1S/C16H19NO4/c1-16(2,3)21-15(19)17-10-6-8-12-7-5-9-13(11-12)14(18)20-4/h5,7,9,11H,10H2,1-4H3,(H,17,19). The van der Waals surface area contributed by atoms with E-state index in [1.54, 1.807) is 45.0 Å². The topological polar surface area (TPSA) is 64.6 Å². The summed E-state index contributed by atoms with van der Waals surface area (Å²) in [5.74, 6) is 5.23. The molecule has 0 spiro atoms. The first-order chi connectivity index (χ1) is 9.81. The summed E-state index contributed by atoms with van der Waals surface area (Å²) < 4.78 is 9.71. The number of esters is 1. The predicted molar refractivity (Wildman–Crippen MR) is 78.9 cm³/mol. The molecule has 0 aromatic heterocycles. The van der Waals surface area contributed by atoms with E-state index in [4.69, 9.17) is 4.74 Å². The van der Waals surface area contributed by atoms with Crippen LogP contribution in [0.1, 0.15) is 36.7 Å². The molecule has 0 saturated heterocycles. The van der Waals surface area contributed by atoms with Gasteiger partial charge in [0.1, 0.15) is 5.60 Å². The van der Waals surface area contributed by atoms with Crippen LogP contribution >= 0.6 is 0 Å². The maximum atomic E-state index is 11.4. The van der Waals surface area contributed by atoms with Gasteiger partial charge in [0.15, 0.2) is 0 Å². The Hall–Kier alpha value is -2.48. The van der Waals surface area contributed by atoms with Crippen LogP contribution in [0.4, 0.5) is 4.79 Å². The van der Waals surface area contributed by atoms with Crippen LogP contribution in [0.5, 0.6) is 0 Å². The van der Waals surface area contributed by atoms with Crippen LogP contribution < -0.4 is 5.32 Å². The van der Waals surface area contributed by atoms with Crippen LogP contribution in [0.25, 0.3) is 0 Å². The zero-order valence-electron chi connectivity index (χ0n) is 12.6. The van der Waals surface area contributed by atoms with Crippen molar-refractivity contribution in [2.45, 2.75) is 26.4 Å². The van der Waals surface area contributed by atoms with E-state index < -0.39 is 17.7 Å². The first kappa shape index (κ1) is 16.6. The van der Waals surface area contributed by atoms with E-state index in [1.165, 1.54) is 7.11 Å². The fourth-order valence-electron chi connectivity index (χ4n) is 1.42. The van der Waals surface area contributed by atoms with Crippen molar-refractivity contribution in [1.82, 2.24) is 5.32 Å². The molecule has 21 heavy (non-hydrogen) atoms. The second kappa shape index (κ2) is 7.34. The van der Waals surface area contributed by atoms with Crippen molar-refractivity contribution in [3.8, 4) is 11.8 Å². The average molecular weight is 289 g/mol. The summed E-state index contributed by atoms with van der Waals surface area (Å²) in [4.78, 5) is 22.8. The number of alkyl carbamates (subject to hydrolysis) is 1. The molecule has 0 saturated carbocycles. The second-order valence-corrected chi connectivity index (χ2v) is 5.23. The zero-order chi connectivity index (χ0) is 15.9. The van der Waals surface area contributed by atoms with Crippen LogP contribution in [0.2, 0.25) is 0 Å². The number of hydrogen-bond acceptors (Lipinski definition) is 4. The largest absolute Gasteiger partial charge is 0.465 e. The number of ether oxygens (including phenoxy) is 2. The Balaban J connectivity index is 2.56. The van der Waals surface area contributed by atoms with Crippen molar-refractivity contribution in [3.63, 3.8) is 0 Å². The van der Waals surface area contributed by atoms with Gasteiger partial charge < -0.3 is 14.8 Å². The number of nitrogens with one attached hydrogen (secondary N) is 1. The Labute approximate surface area is 124 Å². The molecular weight excluding hydrogens is 270 g/mol. The van der Waals surface area contributed by atoms with Crippen LogP contribution in [0.15, 0.2) is 24.3 Å². The van der Waals surface area contributed by atoms with Crippen molar-refractivity contribution in [1.29, 1.82) is 0 Å². The Morgan fingerprint density at radius 2 is 2.00 bits per heavy atom. The molecular formula is C16H19NO4. The molecule has 0 atom stereocenters. The van der Waals surface area contributed by atoms with Gasteiger partial charge >= 0.3 is 12.1 Å². The number of carbonyl (C=O) groups excluding carboxylic acids is 2. The molecule has 1 aromatic rings. The van der Waals surface area contributed by atoms with Crippen molar-refractivity contribution in [2.75, 3.05) is 13.7 Å². The predicted octanol–water partition coefficient (Wildman–Crippen LogP) is 2.35. The molecule has 0 fully saturated rings. The molecule has 0 aliphatic carbocycles. The molecule has 5 heteroatoms. The third-order valence-corrected chi connectivity index (χ3v) is 2.24. The lowest BCUT2D eigenvalue weighted by Gasteiger charge is -2.18. The molecule has 112 valence electrons. The van der Waals surface area contributed by atoms with Gasteiger partial charge in [-0.05, 0) is 39.0 Å². The van der Waals surface area contributed by atoms with E-state index in [9.17, 15) is 9.59 Å². The van der Waals surface area contributed by atoms with E-state index in [-0.39, 0.29) is 6.54 Å². The Bertz CT molecular complexity index is 576. The molecule has 1 amide bonds. The van der Waals surface area contributed by atoms with E-state index in [2.05, 4.69) is 21.9 Å². The number of hydrogen-bond donors (Lipinski definition) is 1. The number of rotatable bonds is 2. The third kappa shape index (κ3) is 6.48. The summed E-state index contributed by atoms with van der Waals surface area (Å²) in [7, 11) is 1.32. The van der Waals surface area contributed by atoms with Gasteiger partial charge in [0.25, 0.3) is 0 Å². The van der Waals surface area contributed by atoms with Crippen molar-refractivity contribution >= 4 is 12.1 Å². The molecule has 0 unspecified atom stereocenters. The summed E-state index contributed by atoms with van der Waals surface area (Å²) >= 11 is 0. The lowest BCUT2D eigenvalue weighted by Crippen LogP contribution is -2.32. The molecule has 1 rings (SSSR count). The quantitative estimate of drug-likeness (QED) is 0.670. The van der Waals surface area contributed by atoms with Gasteiger partial charge in [0.05, 0.1) is 19.2 Å².